The summed E-state index contributed by atoms with van der Waals surface area (Å²) < 4.78 is 6.78. The lowest BCUT2D eigenvalue weighted by atomic mass is 10.2. The van der Waals surface area contributed by atoms with Crippen LogP contribution >= 0.6 is 0 Å². The third-order valence-electron chi connectivity index (χ3n) is 3.10. The lowest BCUT2D eigenvalue weighted by molar-refractivity contribution is 0.415. The average Bonchev–Trinajstić information content (AvgIpc) is 2.91. The number of para-hydroxylation sites is 2. The third kappa shape index (κ3) is 2.45. The number of imidazole rings is 1. The molecule has 3 heteroatoms. The van der Waals surface area contributed by atoms with Crippen LogP contribution in [0.15, 0.2) is 48.5 Å². The van der Waals surface area contributed by atoms with Gasteiger partial charge < -0.3 is 4.74 Å². The van der Waals surface area contributed by atoms with Crippen molar-refractivity contribution in [3.8, 4) is 30.1 Å². The second-order valence-corrected chi connectivity index (χ2v) is 4.37. The van der Waals surface area contributed by atoms with Gasteiger partial charge in [-0.1, -0.05) is 24.5 Å². The summed E-state index contributed by atoms with van der Waals surface area (Å²) in [5.41, 5.74) is 2.61. The lowest BCUT2D eigenvalue weighted by Gasteiger charge is -1.97. The molecule has 0 saturated carbocycles. The van der Waals surface area contributed by atoms with E-state index in [1.54, 1.807) is 11.7 Å². The Labute approximate surface area is 123 Å². The number of rotatable bonds is 1. The molecule has 2 aromatic carbocycles. The fourth-order valence-electron chi connectivity index (χ4n) is 2.04. The van der Waals surface area contributed by atoms with Gasteiger partial charge in [-0.25, -0.2) is 9.55 Å². The summed E-state index contributed by atoms with van der Waals surface area (Å²) in [6, 6.07) is 17.8. The van der Waals surface area contributed by atoms with Gasteiger partial charge in [0.15, 0.2) is 5.82 Å². The zero-order chi connectivity index (χ0) is 14.7. The molecule has 100 valence electrons. The highest BCUT2D eigenvalue weighted by molar-refractivity contribution is 5.77. The van der Waals surface area contributed by atoms with Crippen LogP contribution in [0.2, 0.25) is 0 Å². The van der Waals surface area contributed by atoms with E-state index in [0.29, 0.717) is 5.82 Å². The van der Waals surface area contributed by atoms with E-state index in [-0.39, 0.29) is 0 Å². The molecule has 0 N–H and O–H groups in total. The van der Waals surface area contributed by atoms with Crippen molar-refractivity contribution in [1.29, 1.82) is 0 Å². The SMILES string of the molecule is C#Cn1c(C#Cc2ccc(OC)cc2)nc2ccccc21. The monoisotopic (exact) mass is 272 g/mol. The minimum absolute atomic E-state index is 0.564. The van der Waals surface area contributed by atoms with E-state index in [1.165, 1.54) is 0 Å². The van der Waals surface area contributed by atoms with Gasteiger partial charge in [0.05, 0.1) is 18.1 Å². The molecule has 21 heavy (non-hydrogen) atoms. The normalized spacial score (nSPS) is 9.71. The number of ether oxygens (including phenoxy) is 1. The van der Waals surface area contributed by atoms with Gasteiger partial charge >= 0.3 is 0 Å². The number of fused-ring (bicyclic) bond motifs is 1. The van der Waals surface area contributed by atoms with Gasteiger partial charge in [-0.05, 0) is 42.3 Å². The van der Waals surface area contributed by atoms with Gasteiger partial charge in [0.1, 0.15) is 5.75 Å². The van der Waals surface area contributed by atoms with Gasteiger partial charge in [0.2, 0.25) is 0 Å². The smallest absolute Gasteiger partial charge is 0.198 e. The minimum atomic E-state index is 0.564. The van der Waals surface area contributed by atoms with Crippen LogP contribution in [0.1, 0.15) is 11.4 Å². The van der Waals surface area contributed by atoms with E-state index >= 15 is 0 Å². The molecule has 3 rings (SSSR count). The molecule has 0 aliphatic rings. The standard InChI is InChI=1S/C18H12N2O/c1-3-20-17-7-5-4-6-16(17)19-18(20)13-10-14-8-11-15(21-2)12-9-14/h1,4-9,11-12H,2H3. The molecule has 0 radical (unpaired) electrons. The number of benzene rings is 2. The highest BCUT2D eigenvalue weighted by atomic mass is 16.5. The first-order valence-corrected chi connectivity index (χ1v) is 6.42. The zero-order valence-corrected chi connectivity index (χ0v) is 11.5. The number of nitrogens with zero attached hydrogens (tertiary/aromatic N) is 2. The topological polar surface area (TPSA) is 27.1 Å². The Morgan fingerprint density at radius 2 is 1.81 bits per heavy atom. The first kappa shape index (κ1) is 12.8. The zero-order valence-electron chi connectivity index (χ0n) is 11.5. The van der Waals surface area contributed by atoms with Crippen molar-refractivity contribution < 1.29 is 4.74 Å². The molecule has 0 fully saturated rings. The Hall–Kier alpha value is -3.17. The van der Waals surface area contributed by atoms with Crippen molar-refractivity contribution in [3.63, 3.8) is 0 Å². The largest absolute Gasteiger partial charge is 0.497 e. The summed E-state index contributed by atoms with van der Waals surface area (Å²) in [5, 5.41) is 0. The van der Waals surface area contributed by atoms with Crippen molar-refractivity contribution in [2.45, 2.75) is 0 Å². The second-order valence-electron chi connectivity index (χ2n) is 4.37. The van der Waals surface area contributed by atoms with Crippen LogP contribution < -0.4 is 4.74 Å². The summed E-state index contributed by atoms with van der Waals surface area (Å²) in [4.78, 5) is 4.45. The Balaban J connectivity index is 2.02. The van der Waals surface area contributed by atoms with Gasteiger partial charge in [0, 0.05) is 11.6 Å². The van der Waals surface area contributed by atoms with Crippen molar-refractivity contribution in [3.05, 3.63) is 59.9 Å². The summed E-state index contributed by atoms with van der Waals surface area (Å²) in [7, 11) is 1.63. The maximum atomic E-state index is 5.56. The van der Waals surface area contributed by atoms with Crippen LogP contribution in [0, 0.1) is 24.3 Å². The van der Waals surface area contributed by atoms with Gasteiger partial charge in [-0.2, -0.15) is 0 Å². The van der Waals surface area contributed by atoms with E-state index in [4.69, 9.17) is 11.2 Å². The molecule has 3 aromatic rings. The fraction of sp³-hybridized carbons (Fsp3) is 0.0556. The molecule has 1 aromatic heterocycles. The van der Waals surface area contributed by atoms with E-state index < -0.39 is 0 Å². The molecule has 0 saturated heterocycles. The number of aromatic nitrogens is 2. The number of hydrogen-bond donors (Lipinski definition) is 0. The molecule has 0 bridgehead atoms. The predicted octanol–water partition coefficient (Wildman–Crippen LogP) is 2.88. The van der Waals surface area contributed by atoms with Crippen LogP contribution in [0.4, 0.5) is 0 Å². The van der Waals surface area contributed by atoms with Gasteiger partial charge in [-0.3, -0.25) is 0 Å². The maximum absolute atomic E-state index is 5.56. The predicted molar refractivity (Wildman–Crippen MR) is 82.9 cm³/mol. The highest BCUT2D eigenvalue weighted by Crippen LogP contribution is 2.14. The summed E-state index contributed by atoms with van der Waals surface area (Å²) >= 11 is 0. The molecule has 1 heterocycles. The van der Waals surface area contributed by atoms with Crippen LogP contribution in [-0.4, -0.2) is 16.7 Å². The second kappa shape index (κ2) is 5.45. The average molecular weight is 272 g/mol. The summed E-state index contributed by atoms with van der Waals surface area (Å²) in [6.45, 7) is 0. The maximum Gasteiger partial charge on any atom is 0.198 e. The molecule has 0 atom stereocenters. The van der Waals surface area contributed by atoms with Crippen LogP contribution in [0.5, 0.6) is 5.75 Å². The van der Waals surface area contributed by atoms with Crippen molar-refractivity contribution in [2.75, 3.05) is 7.11 Å². The molecule has 0 aliphatic heterocycles. The Morgan fingerprint density at radius 1 is 1.05 bits per heavy atom. The quantitative estimate of drug-likeness (QED) is 0.637. The van der Waals surface area contributed by atoms with E-state index in [2.05, 4.69) is 22.9 Å². The van der Waals surface area contributed by atoms with Crippen molar-refractivity contribution in [2.24, 2.45) is 0 Å². The van der Waals surface area contributed by atoms with Gasteiger partial charge in [-0.15, -0.1) is 0 Å². The lowest BCUT2D eigenvalue weighted by Crippen LogP contribution is -1.92. The first-order valence-electron chi connectivity index (χ1n) is 6.42. The highest BCUT2D eigenvalue weighted by Gasteiger charge is 2.05. The van der Waals surface area contributed by atoms with Crippen LogP contribution in [0.25, 0.3) is 11.0 Å². The molecular formula is C18H12N2O. The molecule has 0 unspecified atom stereocenters. The van der Waals surface area contributed by atoms with E-state index in [9.17, 15) is 0 Å². The molecule has 3 nitrogen and oxygen atoms in total. The molecule has 0 aliphatic carbocycles. The molecule has 0 spiro atoms. The Kier molecular flexibility index (Phi) is 3.33. The summed E-state index contributed by atoms with van der Waals surface area (Å²) in [5.74, 6) is 7.46. The molecule has 0 amide bonds. The van der Waals surface area contributed by atoms with E-state index in [1.807, 2.05) is 48.5 Å². The van der Waals surface area contributed by atoms with Gasteiger partial charge in [0.25, 0.3) is 0 Å². The van der Waals surface area contributed by atoms with Crippen LogP contribution in [0.3, 0.4) is 0 Å². The minimum Gasteiger partial charge on any atom is -0.497 e. The fourth-order valence-corrected chi connectivity index (χ4v) is 2.04. The Morgan fingerprint density at radius 3 is 2.52 bits per heavy atom. The first-order chi connectivity index (χ1) is 10.3. The van der Waals surface area contributed by atoms with Crippen molar-refractivity contribution >= 4 is 11.0 Å². The Bertz CT molecular complexity index is 887. The number of hydrogen-bond acceptors (Lipinski definition) is 2. The third-order valence-corrected chi connectivity index (χ3v) is 3.10. The van der Waals surface area contributed by atoms with E-state index in [0.717, 1.165) is 22.3 Å². The van der Waals surface area contributed by atoms with Crippen LogP contribution in [-0.2, 0) is 0 Å². The summed E-state index contributed by atoms with van der Waals surface area (Å²) in [6.07, 6.45) is 5.56. The number of methoxy groups -OCH3 is 1. The van der Waals surface area contributed by atoms with Crippen molar-refractivity contribution in [1.82, 2.24) is 9.55 Å². The number of terminal acetylenes is 1. The molecular weight excluding hydrogens is 260 g/mol.